The zero-order valence-electron chi connectivity index (χ0n) is 12.2. The lowest BCUT2D eigenvalue weighted by atomic mass is 10.2. The highest BCUT2D eigenvalue weighted by Gasteiger charge is 2.04. The Labute approximate surface area is 145 Å². The number of nitrogens with zero attached hydrogens (tertiary/aromatic N) is 2. The van der Waals surface area contributed by atoms with Crippen molar-refractivity contribution >= 4 is 40.3 Å². The van der Waals surface area contributed by atoms with E-state index in [0.29, 0.717) is 16.7 Å². The first-order valence-corrected chi connectivity index (χ1v) is 7.88. The molecule has 0 aliphatic carbocycles. The van der Waals surface area contributed by atoms with Crippen LogP contribution in [0.25, 0.3) is 0 Å². The summed E-state index contributed by atoms with van der Waals surface area (Å²) >= 11 is 11.4. The smallest absolute Gasteiger partial charge is 0.175 e. The molecule has 23 heavy (non-hydrogen) atoms. The number of nitrogens with one attached hydrogen (secondary N) is 2. The Morgan fingerprint density at radius 2 is 1.78 bits per heavy atom. The third-order valence-electron chi connectivity index (χ3n) is 3.20. The highest BCUT2D eigenvalue weighted by Crippen LogP contribution is 2.20. The van der Waals surface area contributed by atoms with Crippen LogP contribution < -0.4 is 10.6 Å². The normalized spacial score (nSPS) is 10.3. The van der Waals surface area contributed by atoms with Crippen molar-refractivity contribution in [2.24, 2.45) is 0 Å². The molecule has 4 nitrogen and oxygen atoms in total. The van der Waals surface area contributed by atoms with Crippen LogP contribution in [0.5, 0.6) is 0 Å². The minimum Gasteiger partial charge on any atom is -0.331 e. The van der Waals surface area contributed by atoms with Gasteiger partial charge in [-0.2, -0.15) is 5.10 Å². The van der Waals surface area contributed by atoms with Crippen LogP contribution in [-0.2, 0) is 6.54 Å². The minimum atomic E-state index is 0.470. The molecule has 2 N–H and O–H groups in total. The molecule has 3 aromatic rings. The fourth-order valence-electron chi connectivity index (χ4n) is 2.13. The van der Waals surface area contributed by atoms with Crippen molar-refractivity contribution < 1.29 is 0 Å². The van der Waals surface area contributed by atoms with Gasteiger partial charge in [-0.05, 0) is 29.9 Å². The molecular weight excluding hydrogens is 328 g/mol. The minimum absolute atomic E-state index is 0.470. The molecule has 6 heteroatoms. The lowest BCUT2D eigenvalue weighted by Crippen LogP contribution is -2.18. The first-order chi connectivity index (χ1) is 11.2. The van der Waals surface area contributed by atoms with E-state index in [0.717, 1.165) is 11.4 Å². The summed E-state index contributed by atoms with van der Waals surface area (Å²) in [7, 11) is 0. The van der Waals surface area contributed by atoms with E-state index in [1.165, 1.54) is 5.56 Å². The number of hydrogen-bond donors (Lipinski definition) is 2. The SMILES string of the molecule is S=C(Nc1cnn(Cc2ccccc2)c1)Nc1ccccc1Cl. The molecule has 0 aliphatic heterocycles. The Kier molecular flexibility index (Phi) is 4.90. The van der Waals surface area contributed by atoms with Gasteiger partial charge in [0, 0.05) is 6.20 Å². The second kappa shape index (κ2) is 7.26. The maximum absolute atomic E-state index is 6.10. The Morgan fingerprint density at radius 1 is 1.04 bits per heavy atom. The number of halogens is 1. The number of para-hydroxylation sites is 1. The Morgan fingerprint density at radius 3 is 2.57 bits per heavy atom. The quantitative estimate of drug-likeness (QED) is 0.690. The van der Waals surface area contributed by atoms with Gasteiger partial charge in [0.1, 0.15) is 0 Å². The van der Waals surface area contributed by atoms with Crippen LogP contribution in [0.1, 0.15) is 5.56 Å². The summed E-state index contributed by atoms with van der Waals surface area (Å²) in [5.41, 5.74) is 2.78. The van der Waals surface area contributed by atoms with Gasteiger partial charge in [-0.1, -0.05) is 54.1 Å². The van der Waals surface area contributed by atoms with E-state index in [1.54, 1.807) is 6.20 Å². The maximum atomic E-state index is 6.10. The molecule has 0 amide bonds. The van der Waals surface area contributed by atoms with Crippen molar-refractivity contribution in [3.63, 3.8) is 0 Å². The van der Waals surface area contributed by atoms with Gasteiger partial charge in [0.05, 0.1) is 29.1 Å². The molecule has 0 atom stereocenters. The predicted octanol–water partition coefficient (Wildman–Crippen LogP) is 4.39. The average Bonchev–Trinajstić information content (AvgIpc) is 2.97. The van der Waals surface area contributed by atoms with Gasteiger partial charge in [0.25, 0.3) is 0 Å². The summed E-state index contributed by atoms with van der Waals surface area (Å²) in [5, 5.41) is 11.6. The van der Waals surface area contributed by atoms with Gasteiger partial charge in [-0.25, -0.2) is 0 Å². The molecule has 0 spiro atoms. The van der Waals surface area contributed by atoms with E-state index in [-0.39, 0.29) is 0 Å². The first kappa shape index (κ1) is 15.5. The van der Waals surface area contributed by atoms with Crippen LogP contribution in [0.3, 0.4) is 0 Å². The van der Waals surface area contributed by atoms with Crippen molar-refractivity contribution in [2.75, 3.05) is 10.6 Å². The highest BCUT2D eigenvalue weighted by molar-refractivity contribution is 7.80. The highest BCUT2D eigenvalue weighted by atomic mass is 35.5. The molecule has 0 saturated heterocycles. The third kappa shape index (κ3) is 4.31. The Balaban J connectivity index is 1.60. The van der Waals surface area contributed by atoms with Crippen molar-refractivity contribution in [3.05, 3.63) is 77.6 Å². The lowest BCUT2D eigenvalue weighted by molar-refractivity contribution is 0.687. The summed E-state index contributed by atoms with van der Waals surface area (Å²) in [6, 6.07) is 17.6. The Bertz CT molecular complexity index is 801. The lowest BCUT2D eigenvalue weighted by Gasteiger charge is -2.10. The molecular formula is C17H15ClN4S. The molecule has 0 bridgehead atoms. The fraction of sp³-hybridized carbons (Fsp3) is 0.0588. The molecule has 1 heterocycles. The van der Waals surface area contributed by atoms with E-state index < -0.39 is 0 Å². The van der Waals surface area contributed by atoms with Gasteiger partial charge < -0.3 is 10.6 Å². The van der Waals surface area contributed by atoms with Gasteiger partial charge in [-0.15, -0.1) is 0 Å². The van der Waals surface area contributed by atoms with Crippen molar-refractivity contribution in [1.29, 1.82) is 0 Å². The zero-order chi connectivity index (χ0) is 16.1. The van der Waals surface area contributed by atoms with E-state index >= 15 is 0 Å². The molecule has 2 aromatic carbocycles. The van der Waals surface area contributed by atoms with Gasteiger partial charge in [-0.3, -0.25) is 4.68 Å². The molecule has 0 fully saturated rings. The van der Waals surface area contributed by atoms with Crippen LogP contribution in [0.4, 0.5) is 11.4 Å². The molecule has 0 unspecified atom stereocenters. The number of rotatable bonds is 4. The number of hydrogen-bond acceptors (Lipinski definition) is 2. The van der Waals surface area contributed by atoms with Crippen molar-refractivity contribution in [1.82, 2.24) is 9.78 Å². The summed E-state index contributed by atoms with van der Waals surface area (Å²) in [5.74, 6) is 0. The Hall–Kier alpha value is -2.37. The van der Waals surface area contributed by atoms with Crippen molar-refractivity contribution in [2.45, 2.75) is 6.54 Å². The zero-order valence-corrected chi connectivity index (χ0v) is 13.8. The average molecular weight is 343 g/mol. The number of benzene rings is 2. The van der Waals surface area contributed by atoms with Crippen LogP contribution in [0.2, 0.25) is 5.02 Å². The van der Waals surface area contributed by atoms with Gasteiger partial charge in [0.2, 0.25) is 0 Å². The molecule has 1 aromatic heterocycles. The topological polar surface area (TPSA) is 41.9 Å². The summed E-state index contributed by atoms with van der Waals surface area (Å²) in [4.78, 5) is 0. The molecule has 3 rings (SSSR count). The second-order valence-electron chi connectivity index (χ2n) is 4.97. The summed E-state index contributed by atoms with van der Waals surface area (Å²) < 4.78 is 1.86. The van der Waals surface area contributed by atoms with Crippen molar-refractivity contribution in [3.8, 4) is 0 Å². The van der Waals surface area contributed by atoms with Crippen LogP contribution in [-0.4, -0.2) is 14.9 Å². The van der Waals surface area contributed by atoms with Crippen LogP contribution in [0.15, 0.2) is 67.0 Å². The predicted molar refractivity (Wildman–Crippen MR) is 99.1 cm³/mol. The van der Waals surface area contributed by atoms with E-state index in [9.17, 15) is 0 Å². The summed E-state index contributed by atoms with van der Waals surface area (Å²) in [6.07, 6.45) is 3.65. The first-order valence-electron chi connectivity index (χ1n) is 7.09. The number of anilines is 2. The standard InChI is InChI=1S/C17H15ClN4S/c18-15-8-4-5-9-16(15)21-17(23)20-14-10-19-22(12-14)11-13-6-2-1-3-7-13/h1-10,12H,11H2,(H2,20,21,23). The fourth-order valence-corrected chi connectivity index (χ4v) is 2.54. The molecule has 116 valence electrons. The maximum Gasteiger partial charge on any atom is 0.175 e. The monoisotopic (exact) mass is 342 g/mol. The number of aromatic nitrogens is 2. The van der Waals surface area contributed by atoms with E-state index in [4.69, 9.17) is 23.8 Å². The number of thiocarbonyl (C=S) groups is 1. The summed E-state index contributed by atoms with van der Waals surface area (Å²) in [6.45, 7) is 0.715. The van der Waals surface area contributed by atoms with Gasteiger partial charge in [0.15, 0.2) is 5.11 Å². The molecule has 0 aliphatic rings. The third-order valence-corrected chi connectivity index (χ3v) is 3.73. The van der Waals surface area contributed by atoms with Crippen LogP contribution >= 0.6 is 23.8 Å². The van der Waals surface area contributed by atoms with E-state index in [1.807, 2.05) is 53.3 Å². The van der Waals surface area contributed by atoms with Crippen LogP contribution in [0, 0.1) is 0 Å². The second-order valence-corrected chi connectivity index (χ2v) is 5.79. The molecule has 0 radical (unpaired) electrons. The largest absolute Gasteiger partial charge is 0.331 e. The molecule has 0 saturated carbocycles. The van der Waals surface area contributed by atoms with Gasteiger partial charge >= 0.3 is 0 Å². The van der Waals surface area contributed by atoms with E-state index in [2.05, 4.69) is 27.9 Å².